The number of halogens is 4. The first kappa shape index (κ1) is 25.0. The number of carbonyl (C=O) groups is 3. The maximum absolute atomic E-state index is 15.1. The van der Waals surface area contributed by atoms with Crippen LogP contribution in [0, 0.1) is 11.6 Å². The van der Waals surface area contributed by atoms with Crippen LogP contribution in [0.2, 0.25) is 0 Å². The standard InChI is InChI=1S/C21H21F4N7O4S/c22-12-7-11(31-10-21(36-20(31)35)9-14(21)28-17(33)16(24)25)8-13(23)15(12)30-3-1-27-32(5-4-30)19(34)29-18-26-2-6-37-18/h2,6-8,14,16,27H,1,3-5,9-10H2,(H,28,33)(H,26,29,34)/t14-,21-/m0/s1. The van der Waals surface area contributed by atoms with Gasteiger partial charge in [0.25, 0.3) is 5.91 Å². The van der Waals surface area contributed by atoms with Gasteiger partial charge in [0, 0.05) is 49.8 Å². The van der Waals surface area contributed by atoms with E-state index >= 15 is 8.78 Å². The van der Waals surface area contributed by atoms with E-state index in [9.17, 15) is 23.2 Å². The van der Waals surface area contributed by atoms with Crippen LogP contribution < -0.4 is 25.9 Å². The molecule has 2 aliphatic heterocycles. The van der Waals surface area contributed by atoms with Crippen molar-refractivity contribution in [3.05, 3.63) is 35.3 Å². The van der Waals surface area contributed by atoms with Gasteiger partial charge in [0.15, 0.2) is 22.4 Å². The summed E-state index contributed by atoms with van der Waals surface area (Å²) in [5.41, 5.74) is 1.26. The fourth-order valence-corrected chi connectivity index (χ4v) is 4.88. The summed E-state index contributed by atoms with van der Waals surface area (Å²) in [6.45, 7) is 0.485. The minimum absolute atomic E-state index is 0.108. The van der Waals surface area contributed by atoms with Crippen molar-refractivity contribution in [1.82, 2.24) is 20.7 Å². The molecule has 0 bridgehead atoms. The number of anilines is 3. The van der Waals surface area contributed by atoms with Crippen LogP contribution >= 0.6 is 11.3 Å². The lowest BCUT2D eigenvalue weighted by Crippen LogP contribution is -2.46. The summed E-state index contributed by atoms with van der Waals surface area (Å²) in [7, 11) is 0. The third kappa shape index (κ3) is 4.98. The molecule has 37 heavy (non-hydrogen) atoms. The summed E-state index contributed by atoms with van der Waals surface area (Å²) in [6.07, 6.45) is -2.45. The number of benzene rings is 1. The van der Waals surface area contributed by atoms with Gasteiger partial charge in [-0.15, -0.1) is 11.3 Å². The molecule has 1 saturated carbocycles. The zero-order valence-electron chi connectivity index (χ0n) is 19.0. The number of aromatic nitrogens is 1. The van der Waals surface area contributed by atoms with Crippen LogP contribution in [0.1, 0.15) is 6.42 Å². The van der Waals surface area contributed by atoms with Gasteiger partial charge >= 0.3 is 18.5 Å². The summed E-state index contributed by atoms with van der Waals surface area (Å²) in [6, 6.07) is 0.702. The molecule has 16 heteroatoms. The largest absolute Gasteiger partial charge is 0.438 e. The number of hydrazine groups is 1. The number of thiazole rings is 1. The van der Waals surface area contributed by atoms with Crippen molar-refractivity contribution in [2.45, 2.75) is 24.5 Å². The molecule has 3 fully saturated rings. The average Bonchev–Trinajstić information content (AvgIpc) is 3.12. The van der Waals surface area contributed by atoms with Gasteiger partial charge in [0.05, 0.1) is 24.8 Å². The summed E-state index contributed by atoms with van der Waals surface area (Å²) < 4.78 is 60.5. The Morgan fingerprint density at radius 1 is 1.22 bits per heavy atom. The van der Waals surface area contributed by atoms with Gasteiger partial charge in [-0.2, -0.15) is 8.78 Å². The molecular weight excluding hydrogens is 522 g/mol. The highest BCUT2D eigenvalue weighted by molar-refractivity contribution is 7.13. The highest BCUT2D eigenvalue weighted by Crippen LogP contribution is 2.46. The minimum Gasteiger partial charge on any atom is -0.438 e. The van der Waals surface area contributed by atoms with E-state index in [4.69, 9.17) is 4.74 Å². The Balaban J connectivity index is 1.25. The van der Waals surface area contributed by atoms with Crippen LogP contribution in [0.25, 0.3) is 0 Å². The first-order valence-electron chi connectivity index (χ1n) is 11.2. The van der Waals surface area contributed by atoms with Crippen LogP contribution in [0.5, 0.6) is 0 Å². The molecular formula is C21H21F4N7O4S. The Morgan fingerprint density at radius 2 is 1.97 bits per heavy atom. The van der Waals surface area contributed by atoms with Crippen LogP contribution in [0.4, 0.5) is 43.7 Å². The molecule has 4 amide bonds. The predicted octanol–water partition coefficient (Wildman–Crippen LogP) is 2.13. The van der Waals surface area contributed by atoms with Gasteiger partial charge < -0.3 is 15.0 Å². The van der Waals surface area contributed by atoms with Gasteiger partial charge in [0.1, 0.15) is 5.69 Å². The third-order valence-electron chi connectivity index (χ3n) is 6.27. The van der Waals surface area contributed by atoms with Crippen molar-refractivity contribution in [3.63, 3.8) is 0 Å². The zero-order chi connectivity index (χ0) is 26.3. The quantitative estimate of drug-likeness (QED) is 0.495. The molecule has 1 aliphatic carbocycles. The van der Waals surface area contributed by atoms with Gasteiger partial charge in [-0.05, 0) is 0 Å². The molecule has 3 heterocycles. The molecule has 0 unspecified atom stereocenters. The molecule has 3 aliphatic rings. The van der Waals surface area contributed by atoms with Crippen LogP contribution in [-0.4, -0.2) is 78.8 Å². The summed E-state index contributed by atoms with van der Waals surface area (Å²) in [4.78, 5) is 42.5. The maximum Gasteiger partial charge on any atom is 0.415 e. The summed E-state index contributed by atoms with van der Waals surface area (Å²) >= 11 is 1.25. The van der Waals surface area contributed by atoms with E-state index in [1.165, 1.54) is 21.2 Å². The van der Waals surface area contributed by atoms with Crippen molar-refractivity contribution in [1.29, 1.82) is 0 Å². The molecule has 2 aromatic rings. The number of ether oxygens (including phenoxy) is 1. The van der Waals surface area contributed by atoms with E-state index in [1.54, 1.807) is 11.6 Å². The number of carbonyl (C=O) groups excluding carboxylic acids is 3. The number of nitrogens with one attached hydrogen (secondary N) is 3. The number of alkyl halides is 2. The second kappa shape index (κ2) is 9.66. The van der Waals surface area contributed by atoms with Crippen molar-refractivity contribution in [2.75, 3.05) is 47.8 Å². The Kier molecular flexibility index (Phi) is 6.53. The monoisotopic (exact) mass is 543 g/mol. The number of hydrogen-bond donors (Lipinski definition) is 3. The van der Waals surface area contributed by atoms with Crippen molar-refractivity contribution in [3.8, 4) is 0 Å². The van der Waals surface area contributed by atoms with E-state index in [0.717, 1.165) is 17.0 Å². The SMILES string of the molecule is O=C(N[C@H]1C[C@]12CN(c1cc(F)c(N3CCNN(C(=O)Nc4nccs4)CC3)c(F)c1)C(=O)O2)C(F)F. The van der Waals surface area contributed by atoms with Crippen molar-refractivity contribution < 1.29 is 36.7 Å². The van der Waals surface area contributed by atoms with Gasteiger partial charge in [-0.25, -0.2) is 28.8 Å². The Hall–Kier alpha value is -3.66. The lowest BCUT2D eigenvalue weighted by molar-refractivity contribution is -0.132. The normalized spacial score (nSPS) is 23.3. The van der Waals surface area contributed by atoms with Crippen molar-refractivity contribution >= 4 is 45.9 Å². The molecule has 2 atom stereocenters. The fraction of sp³-hybridized carbons (Fsp3) is 0.429. The molecule has 0 radical (unpaired) electrons. The third-order valence-corrected chi connectivity index (χ3v) is 6.96. The number of amides is 4. The summed E-state index contributed by atoms with van der Waals surface area (Å²) in [5, 5.41) is 8.14. The molecule has 1 aromatic carbocycles. The molecule has 11 nitrogen and oxygen atoms in total. The lowest BCUT2D eigenvalue weighted by atomic mass is 10.2. The number of urea groups is 1. The van der Waals surface area contributed by atoms with E-state index in [-0.39, 0.29) is 50.5 Å². The number of hydrogen-bond acceptors (Lipinski definition) is 8. The zero-order valence-corrected chi connectivity index (χ0v) is 19.9. The Morgan fingerprint density at radius 3 is 2.65 bits per heavy atom. The van der Waals surface area contributed by atoms with Gasteiger partial charge in [-0.1, -0.05) is 0 Å². The molecule has 1 aromatic heterocycles. The highest BCUT2D eigenvalue weighted by Gasteiger charge is 2.64. The summed E-state index contributed by atoms with van der Waals surface area (Å²) in [5.74, 6) is -3.34. The average molecular weight is 544 g/mol. The lowest BCUT2D eigenvalue weighted by Gasteiger charge is -2.25. The van der Waals surface area contributed by atoms with Gasteiger partial charge in [0.2, 0.25) is 0 Å². The Labute approximate surface area is 211 Å². The molecule has 3 N–H and O–H groups in total. The molecule has 1 spiro atoms. The van der Waals surface area contributed by atoms with Crippen molar-refractivity contribution in [2.24, 2.45) is 0 Å². The molecule has 5 rings (SSSR count). The second-order valence-electron chi connectivity index (χ2n) is 8.66. The van der Waals surface area contributed by atoms with E-state index in [2.05, 4.69) is 21.0 Å². The Bertz CT molecular complexity index is 1200. The first-order chi connectivity index (χ1) is 17.7. The fourth-order valence-electron chi connectivity index (χ4n) is 4.36. The highest BCUT2D eigenvalue weighted by atomic mass is 32.1. The maximum atomic E-state index is 15.1. The first-order valence-corrected chi connectivity index (χ1v) is 12.1. The smallest absolute Gasteiger partial charge is 0.415 e. The van der Waals surface area contributed by atoms with Crippen LogP contribution in [-0.2, 0) is 9.53 Å². The predicted molar refractivity (Wildman–Crippen MR) is 124 cm³/mol. The van der Waals surface area contributed by atoms with Gasteiger partial charge in [-0.3, -0.25) is 20.0 Å². The number of nitrogens with zero attached hydrogens (tertiary/aromatic N) is 4. The number of rotatable bonds is 5. The molecule has 198 valence electrons. The van der Waals surface area contributed by atoms with Crippen LogP contribution in [0.3, 0.4) is 0 Å². The van der Waals surface area contributed by atoms with E-state index in [0.29, 0.717) is 5.13 Å². The molecule has 2 saturated heterocycles. The van der Waals surface area contributed by atoms with E-state index in [1.807, 2.05) is 0 Å². The second-order valence-corrected chi connectivity index (χ2v) is 9.55. The minimum atomic E-state index is -3.21. The van der Waals surface area contributed by atoms with Crippen LogP contribution in [0.15, 0.2) is 23.7 Å². The van der Waals surface area contributed by atoms with E-state index < -0.39 is 47.7 Å². The topological polar surface area (TPSA) is 119 Å².